The average molecular weight is 312 g/mol. The highest BCUT2D eigenvalue weighted by atomic mass is 19.1. The highest BCUT2D eigenvalue weighted by molar-refractivity contribution is 5.83. The average Bonchev–Trinajstić information content (AvgIpc) is 2.99. The topological polar surface area (TPSA) is 63.4 Å². The van der Waals surface area contributed by atoms with Crippen molar-refractivity contribution in [3.63, 3.8) is 0 Å². The number of nitrogens with one attached hydrogen (secondary N) is 2. The van der Waals surface area contributed by atoms with E-state index in [4.69, 9.17) is 9.47 Å². The molecule has 0 aliphatic carbocycles. The number of aromatic nitrogens is 1. The molecule has 2 N–H and O–H groups in total. The summed E-state index contributed by atoms with van der Waals surface area (Å²) < 4.78 is 23.5. The molecule has 0 amide bonds. The van der Waals surface area contributed by atoms with Gasteiger partial charge in [-0.3, -0.25) is 4.79 Å². The molecular weight excluding hydrogens is 299 g/mol. The fraction of sp³-hybridized carbons (Fsp3) is 0.118. The van der Waals surface area contributed by atoms with E-state index in [-0.39, 0.29) is 18.2 Å². The van der Waals surface area contributed by atoms with Gasteiger partial charge in [-0.1, -0.05) is 0 Å². The van der Waals surface area contributed by atoms with Gasteiger partial charge in [0.15, 0.2) is 11.5 Å². The third-order valence-corrected chi connectivity index (χ3v) is 3.74. The van der Waals surface area contributed by atoms with E-state index in [1.165, 1.54) is 12.1 Å². The van der Waals surface area contributed by atoms with Crippen LogP contribution in [0.1, 0.15) is 5.56 Å². The van der Waals surface area contributed by atoms with E-state index < -0.39 is 0 Å². The van der Waals surface area contributed by atoms with Crippen molar-refractivity contribution in [3.8, 4) is 11.5 Å². The van der Waals surface area contributed by atoms with E-state index >= 15 is 0 Å². The molecule has 23 heavy (non-hydrogen) atoms. The Bertz CT molecular complexity index is 935. The predicted molar refractivity (Wildman–Crippen MR) is 84.4 cm³/mol. The van der Waals surface area contributed by atoms with Crippen LogP contribution in [0, 0.1) is 5.82 Å². The molecule has 0 spiro atoms. The molecule has 5 nitrogen and oxygen atoms in total. The summed E-state index contributed by atoms with van der Waals surface area (Å²) in [6.45, 7) is 0.528. The Morgan fingerprint density at radius 1 is 1.09 bits per heavy atom. The standard InChI is InChI=1S/C17H13FN2O3/c18-12-1-3-13(4-2-12)19-8-11-5-10-6-15-16(23-9-22-15)7-14(10)20-17(11)21/h1-7,19H,8-9H2,(H,20,21). The molecule has 0 radical (unpaired) electrons. The van der Waals surface area contributed by atoms with Crippen LogP contribution < -0.4 is 20.3 Å². The number of benzene rings is 2. The molecule has 4 rings (SSSR count). The summed E-state index contributed by atoms with van der Waals surface area (Å²) in [6.07, 6.45) is 0. The van der Waals surface area contributed by atoms with Crippen molar-refractivity contribution in [2.45, 2.75) is 6.54 Å². The maximum absolute atomic E-state index is 12.9. The molecule has 0 fully saturated rings. The first-order chi connectivity index (χ1) is 11.2. The van der Waals surface area contributed by atoms with E-state index in [0.717, 1.165) is 11.1 Å². The van der Waals surface area contributed by atoms with Crippen molar-refractivity contribution < 1.29 is 13.9 Å². The normalized spacial score (nSPS) is 12.6. The Labute approximate surface area is 130 Å². The molecule has 1 aliphatic heterocycles. The smallest absolute Gasteiger partial charge is 0.253 e. The van der Waals surface area contributed by atoms with Crippen molar-refractivity contribution in [1.82, 2.24) is 4.98 Å². The SMILES string of the molecule is O=c1[nH]c2cc3c(cc2cc1CNc1ccc(F)cc1)OCO3. The molecule has 0 atom stereocenters. The second-order valence-electron chi connectivity index (χ2n) is 5.28. The van der Waals surface area contributed by atoms with Crippen molar-refractivity contribution in [1.29, 1.82) is 0 Å². The Kier molecular flexibility index (Phi) is 3.15. The van der Waals surface area contributed by atoms with Crippen LogP contribution in [0.25, 0.3) is 10.9 Å². The highest BCUT2D eigenvalue weighted by Crippen LogP contribution is 2.35. The van der Waals surface area contributed by atoms with Gasteiger partial charge in [0.1, 0.15) is 5.82 Å². The van der Waals surface area contributed by atoms with Crippen LogP contribution in [-0.4, -0.2) is 11.8 Å². The van der Waals surface area contributed by atoms with E-state index in [9.17, 15) is 9.18 Å². The molecule has 0 saturated carbocycles. The number of hydrogen-bond acceptors (Lipinski definition) is 4. The van der Waals surface area contributed by atoms with Gasteiger partial charge in [-0.05, 0) is 36.4 Å². The van der Waals surface area contributed by atoms with Crippen LogP contribution >= 0.6 is 0 Å². The van der Waals surface area contributed by atoms with Gasteiger partial charge < -0.3 is 19.8 Å². The van der Waals surface area contributed by atoms with Crippen LogP contribution in [0.15, 0.2) is 47.3 Å². The van der Waals surface area contributed by atoms with Gasteiger partial charge in [0.05, 0.1) is 5.52 Å². The molecule has 0 saturated heterocycles. The van der Waals surface area contributed by atoms with Gasteiger partial charge in [0.25, 0.3) is 5.56 Å². The second kappa shape index (κ2) is 5.31. The Hall–Kier alpha value is -3.02. The van der Waals surface area contributed by atoms with E-state index in [0.29, 0.717) is 29.1 Å². The third kappa shape index (κ3) is 2.59. The largest absolute Gasteiger partial charge is 0.454 e. The fourth-order valence-electron chi connectivity index (χ4n) is 2.54. The van der Waals surface area contributed by atoms with Crippen molar-refractivity contribution in [3.05, 3.63) is 64.2 Å². The zero-order valence-electron chi connectivity index (χ0n) is 12.1. The first-order valence-corrected chi connectivity index (χ1v) is 7.14. The number of hydrogen-bond donors (Lipinski definition) is 2. The summed E-state index contributed by atoms with van der Waals surface area (Å²) in [5, 5.41) is 3.97. The molecular formula is C17H13FN2O3. The fourth-order valence-corrected chi connectivity index (χ4v) is 2.54. The molecule has 2 aromatic carbocycles. The summed E-state index contributed by atoms with van der Waals surface area (Å²) in [7, 11) is 0. The lowest BCUT2D eigenvalue weighted by atomic mass is 10.1. The maximum Gasteiger partial charge on any atom is 0.253 e. The predicted octanol–water partition coefficient (Wildman–Crippen LogP) is 3.01. The van der Waals surface area contributed by atoms with Gasteiger partial charge in [-0.2, -0.15) is 0 Å². The second-order valence-corrected chi connectivity index (χ2v) is 5.28. The van der Waals surface area contributed by atoms with Gasteiger partial charge in [-0.15, -0.1) is 0 Å². The van der Waals surface area contributed by atoms with Crippen LogP contribution in [0.3, 0.4) is 0 Å². The van der Waals surface area contributed by atoms with E-state index in [2.05, 4.69) is 10.3 Å². The minimum absolute atomic E-state index is 0.175. The Balaban J connectivity index is 1.64. The van der Waals surface area contributed by atoms with Gasteiger partial charge >= 0.3 is 0 Å². The molecule has 2 heterocycles. The minimum atomic E-state index is -0.296. The summed E-state index contributed by atoms with van der Waals surface area (Å²) in [5.74, 6) is 1.00. The maximum atomic E-state index is 12.9. The monoisotopic (exact) mass is 312 g/mol. The third-order valence-electron chi connectivity index (χ3n) is 3.74. The van der Waals surface area contributed by atoms with Crippen LogP contribution in [0.5, 0.6) is 11.5 Å². The molecule has 3 aromatic rings. The molecule has 0 bridgehead atoms. The quantitative estimate of drug-likeness (QED) is 0.780. The van der Waals surface area contributed by atoms with Gasteiger partial charge in [-0.25, -0.2) is 4.39 Å². The number of halogens is 1. The zero-order valence-corrected chi connectivity index (χ0v) is 12.1. The summed E-state index contributed by atoms with van der Waals surface area (Å²) in [6, 6.07) is 11.4. The lowest BCUT2D eigenvalue weighted by molar-refractivity contribution is 0.174. The van der Waals surface area contributed by atoms with Crippen LogP contribution in [0.4, 0.5) is 10.1 Å². The van der Waals surface area contributed by atoms with Gasteiger partial charge in [0.2, 0.25) is 6.79 Å². The highest BCUT2D eigenvalue weighted by Gasteiger charge is 2.15. The molecule has 1 aromatic heterocycles. The lowest BCUT2D eigenvalue weighted by Crippen LogP contribution is -2.15. The molecule has 0 unspecified atom stereocenters. The molecule has 6 heteroatoms. The van der Waals surface area contributed by atoms with E-state index in [1.807, 2.05) is 12.1 Å². The summed E-state index contributed by atoms with van der Waals surface area (Å²) in [4.78, 5) is 15.0. The number of pyridine rings is 1. The van der Waals surface area contributed by atoms with Crippen molar-refractivity contribution in [2.75, 3.05) is 12.1 Å². The summed E-state index contributed by atoms with van der Waals surface area (Å²) in [5.41, 5.74) is 1.85. The first-order valence-electron chi connectivity index (χ1n) is 7.14. The van der Waals surface area contributed by atoms with Crippen LogP contribution in [-0.2, 0) is 6.54 Å². The Morgan fingerprint density at radius 2 is 1.83 bits per heavy atom. The van der Waals surface area contributed by atoms with E-state index in [1.54, 1.807) is 18.2 Å². The Morgan fingerprint density at radius 3 is 2.61 bits per heavy atom. The lowest BCUT2D eigenvalue weighted by Gasteiger charge is -2.07. The number of aromatic amines is 1. The number of anilines is 1. The number of H-pyrrole nitrogens is 1. The summed E-state index contributed by atoms with van der Waals surface area (Å²) >= 11 is 0. The number of rotatable bonds is 3. The zero-order chi connectivity index (χ0) is 15.8. The van der Waals surface area contributed by atoms with Crippen LogP contribution in [0.2, 0.25) is 0 Å². The number of ether oxygens (including phenoxy) is 2. The van der Waals surface area contributed by atoms with Gasteiger partial charge in [0, 0.05) is 29.2 Å². The van der Waals surface area contributed by atoms with Crippen molar-refractivity contribution >= 4 is 16.6 Å². The first kappa shape index (κ1) is 13.6. The molecule has 116 valence electrons. The van der Waals surface area contributed by atoms with Crippen molar-refractivity contribution in [2.24, 2.45) is 0 Å². The molecule has 1 aliphatic rings. The minimum Gasteiger partial charge on any atom is -0.454 e. The number of fused-ring (bicyclic) bond motifs is 2.